The molecule has 1 heterocycles. The van der Waals surface area contributed by atoms with Crippen LogP contribution in [-0.4, -0.2) is 11.6 Å². The monoisotopic (exact) mass is 413 g/mol. The summed E-state index contributed by atoms with van der Waals surface area (Å²) in [7, 11) is 0. The second-order valence-electron chi connectivity index (χ2n) is 6.03. The van der Waals surface area contributed by atoms with Gasteiger partial charge in [-0.3, -0.25) is 0 Å². The molecular formula is C23H28BrNO. The van der Waals surface area contributed by atoms with Gasteiger partial charge in [0, 0.05) is 4.47 Å². The lowest BCUT2D eigenvalue weighted by atomic mass is 9.96. The van der Waals surface area contributed by atoms with Crippen molar-refractivity contribution in [1.82, 2.24) is 4.98 Å². The predicted octanol–water partition coefficient (Wildman–Crippen LogP) is 7.28. The van der Waals surface area contributed by atoms with Crippen molar-refractivity contribution in [3.63, 3.8) is 0 Å². The molecular weight excluding hydrogens is 386 g/mol. The van der Waals surface area contributed by atoms with Crippen LogP contribution in [0.15, 0.2) is 47.4 Å². The van der Waals surface area contributed by atoms with E-state index in [1.165, 1.54) is 28.7 Å². The van der Waals surface area contributed by atoms with Crippen molar-refractivity contribution in [2.24, 2.45) is 0 Å². The molecule has 3 heteroatoms. The zero-order valence-electron chi connectivity index (χ0n) is 16.2. The molecule has 138 valence electrons. The molecule has 0 saturated carbocycles. The van der Waals surface area contributed by atoms with Gasteiger partial charge in [0.05, 0.1) is 12.3 Å². The molecule has 0 saturated heterocycles. The molecule has 1 aromatic carbocycles. The number of ether oxygens (including phenoxy) is 1. The van der Waals surface area contributed by atoms with Crippen LogP contribution in [0.25, 0.3) is 16.9 Å². The number of allylic oxidation sites excluding steroid dienone is 2. The molecule has 2 aromatic rings. The predicted molar refractivity (Wildman–Crippen MR) is 116 cm³/mol. The fourth-order valence-electron chi connectivity index (χ4n) is 3.25. The second kappa shape index (κ2) is 9.72. The largest absolute Gasteiger partial charge is 0.492 e. The number of aryl methyl sites for hydroxylation is 1. The molecule has 0 spiro atoms. The molecule has 0 radical (unpaired) electrons. The normalized spacial score (nSPS) is 13.3. The van der Waals surface area contributed by atoms with Crippen molar-refractivity contribution >= 4 is 32.8 Å². The average Bonchev–Trinajstić information content (AvgIpc) is 3.15. The van der Waals surface area contributed by atoms with Gasteiger partial charge in [0.1, 0.15) is 11.5 Å². The number of halogens is 1. The van der Waals surface area contributed by atoms with Crippen LogP contribution in [0.2, 0.25) is 0 Å². The minimum Gasteiger partial charge on any atom is -0.492 e. The minimum absolute atomic E-state index is 0.607. The van der Waals surface area contributed by atoms with E-state index in [4.69, 9.17) is 9.72 Å². The van der Waals surface area contributed by atoms with Crippen LogP contribution < -0.4 is 0 Å². The van der Waals surface area contributed by atoms with Crippen molar-refractivity contribution in [1.29, 1.82) is 0 Å². The number of rotatable bonds is 5. The van der Waals surface area contributed by atoms with Gasteiger partial charge in [0.15, 0.2) is 0 Å². The number of nitrogens with zero attached hydrogens (tertiary/aromatic N) is 1. The van der Waals surface area contributed by atoms with Gasteiger partial charge < -0.3 is 4.74 Å². The van der Waals surface area contributed by atoms with Crippen LogP contribution >= 0.6 is 15.9 Å². The Kier molecular flexibility index (Phi) is 7.65. The Morgan fingerprint density at radius 2 is 1.88 bits per heavy atom. The smallest absolute Gasteiger partial charge is 0.137 e. The van der Waals surface area contributed by atoms with Gasteiger partial charge in [-0.05, 0) is 79.6 Å². The highest BCUT2D eigenvalue weighted by molar-refractivity contribution is 9.10. The maximum atomic E-state index is 5.51. The van der Waals surface area contributed by atoms with Crippen LogP contribution in [0.4, 0.5) is 0 Å². The Morgan fingerprint density at radius 3 is 2.62 bits per heavy atom. The molecule has 1 aliphatic carbocycles. The molecule has 0 bridgehead atoms. The summed E-state index contributed by atoms with van der Waals surface area (Å²) in [6, 6.07) is 12.6. The van der Waals surface area contributed by atoms with E-state index in [-0.39, 0.29) is 0 Å². The van der Waals surface area contributed by atoms with Gasteiger partial charge in [-0.25, -0.2) is 4.98 Å². The maximum Gasteiger partial charge on any atom is 0.137 e. The van der Waals surface area contributed by atoms with Gasteiger partial charge in [-0.2, -0.15) is 0 Å². The van der Waals surface area contributed by atoms with Crippen molar-refractivity contribution in [2.45, 2.75) is 47.0 Å². The molecule has 2 nitrogen and oxygen atoms in total. The van der Waals surface area contributed by atoms with Crippen molar-refractivity contribution in [3.8, 4) is 0 Å². The molecule has 0 unspecified atom stereocenters. The summed E-state index contributed by atoms with van der Waals surface area (Å²) in [5.41, 5.74) is 7.26. The third kappa shape index (κ3) is 4.64. The first kappa shape index (κ1) is 20.4. The zero-order valence-corrected chi connectivity index (χ0v) is 17.8. The molecule has 0 fully saturated rings. The van der Waals surface area contributed by atoms with E-state index in [0.29, 0.717) is 12.4 Å². The third-order valence-electron chi connectivity index (χ3n) is 4.41. The first-order chi connectivity index (χ1) is 12.6. The van der Waals surface area contributed by atoms with Crippen molar-refractivity contribution in [2.75, 3.05) is 6.61 Å². The first-order valence-corrected chi connectivity index (χ1v) is 10.2. The van der Waals surface area contributed by atoms with E-state index in [0.717, 1.165) is 28.7 Å². The topological polar surface area (TPSA) is 22.1 Å². The highest BCUT2D eigenvalue weighted by atomic mass is 79.9. The lowest BCUT2D eigenvalue weighted by molar-refractivity contribution is 0.298. The highest BCUT2D eigenvalue weighted by Crippen LogP contribution is 2.41. The summed E-state index contributed by atoms with van der Waals surface area (Å²) in [6.07, 6.45) is 3.35. The van der Waals surface area contributed by atoms with Crippen LogP contribution in [0.1, 0.15) is 62.5 Å². The summed E-state index contributed by atoms with van der Waals surface area (Å²) in [5.74, 6) is 0.637. The summed E-state index contributed by atoms with van der Waals surface area (Å²) in [6.45, 7) is 12.7. The van der Waals surface area contributed by atoms with Gasteiger partial charge in [-0.15, -0.1) is 0 Å². The molecule has 1 aromatic heterocycles. The van der Waals surface area contributed by atoms with E-state index >= 15 is 0 Å². The van der Waals surface area contributed by atoms with Crippen molar-refractivity contribution in [3.05, 3.63) is 70.0 Å². The minimum atomic E-state index is 0.607. The van der Waals surface area contributed by atoms with Gasteiger partial charge in [-0.1, -0.05) is 48.5 Å². The van der Waals surface area contributed by atoms with Crippen LogP contribution in [0.5, 0.6) is 0 Å². The maximum absolute atomic E-state index is 5.51. The van der Waals surface area contributed by atoms with Gasteiger partial charge in [0.25, 0.3) is 0 Å². The highest BCUT2D eigenvalue weighted by Gasteiger charge is 2.20. The van der Waals surface area contributed by atoms with E-state index in [9.17, 15) is 0 Å². The standard InChI is InChI=1S/C21H22BrNO.C2H6/c1-4-24-15(3)20-9-6-10-21(23-20)18-8-5-7-17(18)19-13-16(22)12-11-14(19)2;1-2/h6,9-13H,3-5,7-8H2,1-2H3;1-2H3. The number of benzene rings is 1. The summed E-state index contributed by atoms with van der Waals surface area (Å²) < 4.78 is 6.63. The SMILES string of the molecule is C=C(OCC)c1cccc(C2=C(c3cc(Br)ccc3C)CCC2)n1.CC. The van der Waals surface area contributed by atoms with Crippen LogP contribution in [-0.2, 0) is 4.74 Å². The van der Waals surface area contributed by atoms with E-state index < -0.39 is 0 Å². The number of hydrogen-bond acceptors (Lipinski definition) is 2. The van der Waals surface area contributed by atoms with E-state index in [1.54, 1.807) is 0 Å². The zero-order chi connectivity index (χ0) is 19.1. The van der Waals surface area contributed by atoms with Gasteiger partial charge >= 0.3 is 0 Å². The summed E-state index contributed by atoms with van der Waals surface area (Å²) >= 11 is 3.60. The fourth-order valence-corrected chi connectivity index (χ4v) is 3.61. The Hall–Kier alpha value is -1.87. The Bertz CT molecular complexity index is 808. The summed E-state index contributed by atoms with van der Waals surface area (Å²) in [5, 5.41) is 0. The average molecular weight is 414 g/mol. The first-order valence-electron chi connectivity index (χ1n) is 9.38. The number of pyridine rings is 1. The third-order valence-corrected chi connectivity index (χ3v) is 4.90. The quantitative estimate of drug-likeness (QED) is 0.480. The molecule has 0 amide bonds. The van der Waals surface area contributed by atoms with Gasteiger partial charge in [0.2, 0.25) is 0 Å². The summed E-state index contributed by atoms with van der Waals surface area (Å²) in [4.78, 5) is 4.81. The van der Waals surface area contributed by atoms with E-state index in [2.05, 4.69) is 53.7 Å². The fraction of sp³-hybridized carbons (Fsp3) is 0.348. The molecule has 0 aliphatic heterocycles. The Balaban J connectivity index is 0.00000117. The lowest BCUT2D eigenvalue weighted by Gasteiger charge is -2.13. The number of aromatic nitrogens is 1. The Labute approximate surface area is 166 Å². The van der Waals surface area contributed by atoms with Crippen LogP contribution in [0, 0.1) is 6.92 Å². The molecule has 0 N–H and O–H groups in total. The molecule has 0 atom stereocenters. The molecule has 3 rings (SSSR count). The van der Waals surface area contributed by atoms with Crippen molar-refractivity contribution < 1.29 is 4.74 Å². The lowest BCUT2D eigenvalue weighted by Crippen LogP contribution is -1.97. The Morgan fingerprint density at radius 1 is 1.15 bits per heavy atom. The second-order valence-corrected chi connectivity index (χ2v) is 6.95. The number of hydrogen-bond donors (Lipinski definition) is 0. The van der Waals surface area contributed by atoms with Crippen LogP contribution in [0.3, 0.4) is 0 Å². The molecule has 1 aliphatic rings. The van der Waals surface area contributed by atoms with E-state index in [1.807, 2.05) is 32.9 Å². The molecule has 26 heavy (non-hydrogen) atoms.